The summed E-state index contributed by atoms with van der Waals surface area (Å²) in [6.07, 6.45) is -2.71. The van der Waals surface area contributed by atoms with Crippen LogP contribution in [0.15, 0.2) is 29.4 Å². The van der Waals surface area contributed by atoms with Crippen LogP contribution in [0, 0.1) is 0 Å². The number of nitrogens with two attached hydrogens (primary N) is 1. The zero-order valence-corrected chi connectivity index (χ0v) is 12.3. The Balaban J connectivity index is 2.35. The van der Waals surface area contributed by atoms with Gasteiger partial charge in [0, 0.05) is 16.8 Å². The quantitative estimate of drug-likeness (QED) is 0.650. The molecule has 0 atom stereocenters. The van der Waals surface area contributed by atoms with Gasteiger partial charge in [-0.05, 0) is 24.5 Å². The third-order valence-electron chi connectivity index (χ3n) is 2.41. The lowest BCUT2D eigenvalue weighted by molar-refractivity contribution is -0.137. The topological polar surface area (TPSA) is 63.8 Å². The van der Waals surface area contributed by atoms with Gasteiger partial charge in [-0.1, -0.05) is 23.4 Å². The van der Waals surface area contributed by atoms with E-state index in [1.54, 1.807) is 6.26 Å². The summed E-state index contributed by atoms with van der Waals surface area (Å²) < 4.78 is 38.2. The number of thioether (sulfide) groups is 1. The third-order valence-corrected chi connectivity index (χ3v) is 3.17. The molecule has 2 aromatic rings. The van der Waals surface area contributed by atoms with Crippen LogP contribution in [0.4, 0.5) is 30.5 Å². The van der Waals surface area contributed by atoms with Crippen molar-refractivity contribution < 1.29 is 13.2 Å². The van der Waals surface area contributed by atoms with E-state index in [1.807, 2.05) is 0 Å². The van der Waals surface area contributed by atoms with Crippen molar-refractivity contribution in [3.63, 3.8) is 0 Å². The van der Waals surface area contributed by atoms with Crippen LogP contribution in [0.1, 0.15) is 5.56 Å². The number of aromatic nitrogens is 2. The van der Waals surface area contributed by atoms with E-state index in [0.29, 0.717) is 11.0 Å². The first kappa shape index (κ1) is 15.7. The van der Waals surface area contributed by atoms with Gasteiger partial charge in [0.15, 0.2) is 5.16 Å². The van der Waals surface area contributed by atoms with Crippen molar-refractivity contribution in [3.8, 4) is 0 Å². The Morgan fingerprint density at radius 2 is 1.90 bits per heavy atom. The molecule has 3 N–H and O–H groups in total. The normalized spacial score (nSPS) is 11.5. The molecule has 0 aliphatic heterocycles. The molecular formula is C12H10ClF3N4S. The van der Waals surface area contributed by atoms with Gasteiger partial charge in [-0.3, -0.25) is 0 Å². The van der Waals surface area contributed by atoms with Crippen LogP contribution in [0.5, 0.6) is 0 Å². The van der Waals surface area contributed by atoms with Crippen LogP contribution < -0.4 is 11.1 Å². The van der Waals surface area contributed by atoms with Crippen molar-refractivity contribution in [1.82, 2.24) is 9.97 Å². The number of rotatable bonds is 3. The fourth-order valence-corrected chi connectivity index (χ4v) is 2.19. The van der Waals surface area contributed by atoms with Crippen LogP contribution in [0.2, 0.25) is 5.02 Å². The molecule has 0 bridgehead atoms. The molecule has 1 heterocycles. The number of anilines is 3. The minimum Gasteiger partial charge on any atom is -0.383 e. The largest absolute Gasteiger partial charge is 0.416 e. The molecule has 1 aromatic heterocycles. The molecule has 2 rings (SSSR count). The summed E-state index contributed by atoms with van der Waals surface area (Å²) >= 11 is 6.98. The van der Waals surface area contributed by atoms with E-state index in [0.717, 1.165) is 12.1 Å². The number of alkyl halides is 3. The van der Waals surface area contributed by atoms with Crippen molar-refractivity contribution in [2.24, 2.45) is 0 Å². The van der Waals surface area contributed by atoms with Crippen LogP contribution >= 0.6 is 23.4 Å². The van der Waals surface area contributed by atoms with Crippen LogP contribution in [0.25, 0.3) is 0 Å². The van der Waals surface area contributed by atoms with Gasteiger partial charge in [0.1, 0.15) is 11.6 Å². The molecule has 0 saturated heterocycles. The van der Waals surface area contributed by atoms with Gasteiger partial charge in [-0.15, -0.1) is 0 Å². The maximum Gasteiger partial charge on any atom is 0.416 e. The predicted molar refractivity (Wildman–Crippen MR) is 78.0 cm³/mol. The Labute approximate surface area is 127 Å². The summed E-state index contributed by atoms with van der Waals surface area (Å²) in [4.78, 5) is 8.06. The van der Waals surface area contributed by atoms with Crippen molar-refractivity contribution in [3.05, 3.63) is 34.9 Å². The molecule has 0 radical (unpaired) electrons. The predicted octanol–water partition coefficient (Wildman–Crippen LogP) is 4.20. The molecule has 1 aromatic carbocycles. The van der Waals surface area contributed by atoms with Crippen molar-refractivity contribution >= 4 is 40.7 Å². The number of hydrogen-bond donors (Lipinski definition) is 2. The average molecular weight is 335 g/mol. The van der Waals surface area contributed by atoms with Crippen molar-refractivity contribution in [2.75, 3.05) is 17.3 Å². The second-order valence-corrected chi connectivity index (χ2v) is 5.23. The molecule has 4 nitrogen and oxygen atoms in total. The van der Waals surface area contributed by atoms with E-state index >= 15 is 0 Å². The minimum absolute atomic E-state index is 0.0283. The molecule has 0 amide bonds. The SMILES string of the molecule is CSc1nc(N)cc(Nc2cc(Cl)cc(C(F)(F)F)c2)n1. The van der Waals surface area contributed by atoms with Gasteiger partial charge >= 0.3 is 6.18 Å². The molecule has 0 spiro atoms. The first-order valence-electron chi connectivity index (χ1n) is 5.61. The highest BCUT2D eigenvalue weighted by Crippen LogP contribution is 2.34. The molecule has 0 saturated carbocycles. The van der Waals surface area contributed by atoms with E-state index in [1.165, 1.54) is 23.9 Å². The van der Waals surface area contributed by atoms with Gasteiger partial charge in [0.25, 0.3) is 0 Å². The van der Waals surface area contributed by atoms with E-state index in [-0.39, 0.29) is 16.5 Å². The van der Waals surface area contributed by atoms with Gasteiger partial charge in [-0.25, -0.2) is 9.97 Å². The van der Waals surface area contributed by atoms with Gasteiger partial charge in [-0.2, -0.15) is 13.2 Å². The lowest BCUT2D eigenvalue weighted by Crippen LogP contribution is -2.06. The monoisotopic (exact) mass is 334 g/mol. The summed E-state index contributed by atoms with van der Waals surface area (Å²) in [7, 11) is 0. The number of benzene rings is 1. The maximum atomic E-state index is 12.7. The molecule has 9 heteroatoms. The smallest absolute Gasteiger partial charge is 0.383 e. The molecule has 0 fully saturated rings. The number of hydrogen-bond acceptors (Lipinski definition) is 5. The first-order valence-corrected chi connectivity index (χ1v) is 7.21. The Hall–Kier alpha value is -1.67. The van der Waals surface area contributed by atoms with Crippen molar-refractivity contribution in [1.29, 1.82) is 0 Å². The average Bonchev–Trinajstić information content (AvgIpc) is 2.36. The zero-order valence-electron chi connectivity index (χ0n) is 10.7. The number of halogens is 4. The molecular weight excluding hydrogens is 325 g/mol. The lowest BCUT2D eigenvalue weighted by Gasteiger charge is -2.12. The van der Waals surface area contributed by atoms with Gasteiger partial charge in [0.2, 0.25) is 0 Å². The lowest BCUT2D eigenvalue weighted by atomic mass is 10.2. The van der Waals surface area contributed by atoms with Crippen molar-refractivity contribution in [2.45, 2.75) is 11.3 Å². The highest BCUT2D eigenvalue weighted by atomic mass is 35.5. The third kappa shape index (κ3) is 4.15. The molecule has 0 unspecified atom stereocenters. The summed E-state index contributed by atoms with van der Waals surface area (Å²) in [6, 6.07) is 4.60. The molecule has 0 aliphatic rings. The number of nitrogens with one attached hydrogen (secondary N) is 1. The number of nitrogens with zero attached hydrogens (tertiary/aromatic N) is 2. The highest BCUT2D eigenvalue weighted by Gasteiger charge is 2.31. The Bertz CT molecular complexity index is 663. The molecule has 21 heavy (non-hydrogen) atoms. The summed E-state index contributed by atoms with van der Waals surface area (Å²) in [5.41, 5.74) is 4.93. The molecule has 112 valence electrons. The molecule has 0 aliphatic carbocycles. The maximum absolute atomic E-state index is 12.7. The van der Waals surface area contributed by atoms with Crippen LogP contribution in [-0.2, 0) is 6.18 Å². The van der Waals surface area contributed by atoms with Crippen LogP contribution in [0.3, 0.4) is 0 Å². The fourth-order valence-electron chi connectivity index (χ4n) is 1.57. The van der Waals surface area contributed by atoms with Gasteiger partial charge in [0.05, 0.1) is 5.56 Å². The fraction of sp³-hybridized carbons (Fsp3) is 0.167. The summed E-state index contributed by atoms with van der Waals surface area (Å²) in [5.74, 6) is 0.511. The van der Waals surface area contributed by atoms with Crippen LogP contribution in [-0.4, -0.2) is 16.2 Å². The Morgan fingerprint density at radius 1 is 1.19 bits per heavy atom. The highest BCUT2D eigenvalue weighted by molar-refractivity contribution is 7.98. The Morgan fingerprint density at radius 3 is 2.52 bits per heavy atom. The van der Waals surface area contributed by atoms with E-state index in [4.69, 9.17) is 17.3 Å². The Kier molecular flexibility index (Phi) is 4.48. The van der Waals surface area contributed by atoms with E-state index < -0.39 is 11.7 Å². The second-order valence-electron chi connectivity index (χ2n) is 4.02. The van der Waals surface area contributed by atoms with Gasteiger partial charge < -0.3 is 11.1 Å². The summed E-state index contributed by atoms with van der Waals surface area (Å²) in [6.45, 7) is 0. The second kappa shape index (κ2) is 5.98. The minimum atomic E-state index is -4.48. The van der Waals surface area contributed by atoms with E-state index in [2.05, 4.69) is 15.3 Å². The summed E-state index contributed by atoms with van der Waals surface area (Å²) in [5, 5.41) is 3.13. The zero-order chi connectivity index (χ0) is 15.6. The standard InChI is InChI=1S/C12H10ClF3N4S/c1-21-11-19-9(17)5-10(20-11)18-8-3-6(12(14,15)16)2-7(13)4-8/h2-5H,1H3,(H3,17,18,19,20). The first-order chi connectivity index (χ1) is 9.77. The van der Waals surface area contributed by atoms with E-state index in [9.17, 15) is 13.2 Å². The number of nitrogen functional groups attached to an aromatic ring is 1.